The summed E-state index contributed by atoms with van der Waals surface area (Å²) in [7, 11) is -2.30. The van der Waals surface area contributed by atoms with E-state index in [2.05, 4.69) is 4.74 Å². The monoisotopic (exact) mass is 245 g/mol. The summed E-state index contributed by atoms with van der Waals surface area (Å²) in [5.41, 5.74) is 0. The number of carbonyl (C=O) groups excluding carboxylic acids is 1. The Labute approximate surface area is 87.1 Å². The van der Waals surface area contributed by atoms with Crippen LogP contribution in [0.5, 0.6) is 0 Å². The Morgan fingerprint density at radius 2 is 2.00 bits per heavy atom. The summed E-state index contributed by atoms with van der Waals surface area (Å²) in [5.74, 6) is -3.93. The fourth-order valence-corrected chi connectivity index (χ4v) is 1.47. The van der Waals surface area contributed by atoms with Gasteiger partial charge in [-0.15, -0.1) is 0 Å². The number of alkyl halides is 2. The molecule has 0 rings (SSSR count). The van der Waals surface area contributed by atoms with Crippen LogP contribution in [0.15, 0.2) is 0 Å². The maximum Gasteiger partial charge on any atom is 0.350 e. The van der Waals surface area contributed by atoms with Gasteiger partial charge >= 0.3 is 11.7 Å². The number of esters is 1. The van der Waals surface area contributed by atoms with E-state index >= 15 is 0 Å². The number of methoxy groups -OCH3 is 1. The zero-order valence-corrected chi connectivity index (χ0v) is 9.26. The van der Waals surface area contributed by atoms with Crippen LogP contribution in [-0.4, -0.2) is 45.2 Å². The lowest BCUT2D eigenvalue weighted by atomic mass is 10.3. The van der Waals surface area contributed by atoms with Crippen molar-refractivity contribution in [3.05, 3.63) is 0 Å². The van der Waals surface area contributed by atoms with Crippen LogP contribution < -0.4 is 0 Å². The highest BCUT2D eigenvalue weighted by Crippen LogP contribution is 2.10. The van der Waals surface area contributed by atoms with Crippen molar-refractivity contribution in [1.29, 1.82) is 0 Å². The van der Waals surface area contributed by atoms with Crippen LogP contribution in [0.1, 0.15) is 12.8 Å². The van der Waals surface area contributed by atoms with Crippen LogP contribution in [0.25, 0.3) is 0 Å². The molecule has 5 nitrogen and oxygen atoms in total. The van der Waals surface area contributed by atoms with Crippen molar-refractivity contribution in [2.75, 3.05) is 20.7 Å². The van der Waals surface area contributed by atoms with Gasteiger partial charge in [-0.2, -0.15) is 8.78 Å². The molecule has 8 heteroatoms. The summed E-state index contributed by atoms with van der Waals surface area (Å²) in [4.78, 5) is 10.6. The van der Waals surface area contributed by atoms with Gasteiger partial charge in [-0.25, -0.2) is 12.7 Å². The zero-order chi connectivity index (χ0) is 12.1. The third-order valence-electron chi connectivity index (χ3n) is 1.74. The largest absolute Gasteiger partial charge is 0.469 e. The smallest absolute Gasteiger partial charge is 0.350 e. The minimum atomic E-state index is -4.53. The van der Waals surface area contributed by atoms with E-state index in [1.165, 1.54) is 7.11 Å². The summed E-state index contributed by atoms with van der Waals surface area (Å²) in [6.45, 7) is -0.137. The molecular formula is C7H13F2NO4S. The Bertz CT molecular complexity index is 304. The van der Waals surface area contributed by atoms with E-state index in [-0.39, 0.29) is 19.4 Å². The number of carbonyl (C=O) groups is 1. The molecule has 0 fully saturated rings. The number of hydrogen-bond donors (Lipinski definition) is 0. The van der Waals surface area contributed by atoms with E-state index in [1.54, 1.807) is 0 Å². The lowest BCUT2D eigenvalue weighted by Crippen LogP contribution is -2.32. The molecule has 0 heterocycles. The molecular weight excluding hydrogens is 232 g/mol. The average Bonchev–Trinajstić information content (AvgIpc) is 2.16. The number of sulfonamides is 1. The Morgan fingerprint density at radius 3 is 2.40 bits per heavy atom. The molecule has 0 saturated carbocycles. The maximum absolute atomic E-state index is 12.0. The summed E-state index contributed by atoms with van der Waals surface area (Å²) < 4.78 is 50.5. The number of nitrogens with zero attached hydrogens (tertiary/aromatic N) is 1. The van der Waals surface area contributed by atoms with Crippen molar-refractivity contribution in [3.8, 4) is 0 Å². The first-order valence-electron chi connectivity index (χ1n) is 4.12. The minimum Gasteiger partial charge on any atom is -0.469 e. The fourth-order valence-electron chi connectivity index (χ4n) is 0.811. The van der Waals surface area contributed by atoms with Crippen molar-refractivity contribution in [2.24, 2.45) is 0 Å². The first kappa shape index (κ1) is 14.2. The van der Waals surface area contributed by atoms with E-state index in [4.69, 9.17) is 0 Å². The highest BCUT2D eigenvalue weighted by molar-refractivity contribution is 7.89. The Kier molecular flexibility index (Phi) is 5.66. The molecule has 0 radical (unpaired) electrons. The van der Waals surface area contributed by atoms with Crippen molar-refractivity contribution >= 4 is 16.0 Å². The van der Waals surface area contributed by atoms with Gasteiger partial charge in [0.1, 0.15) is 0 Å². The second-order valence-corrected chi connectivity index (χ2v) is 4.82. The molecule has 0 aliphatic heterocycles. The number of halogens is 2. The molecule has 0 aromatic heterocycles. The van der Waals surface area contributed by atoms with E-state index in [0.717, 1.165) is 7.05 Å². The lowest BCUT2D eigenvalue weighted by Gasteiger charge is -2.15. The summed E-state index contributed by atoms with van der Waals surface area (Å²) in [5, 5.41) is 0. The Balaban J connectivity index is 4.05. The minimum absolute atomic E-state index is 0.000399. The molecule has 90 valence electrons. The third-order valence-corrected chi connectivity index (χ3v) is 3.24. The molecule has 0 aromatic rings. The zero-order valence-electron chi connectivity index (χ0n) is 8.44. The highest BCUT2D eigenvalue weighted by atomic mass is 32.2. The van der Waals surface area contributed by atoms with Gasteiger partial charge < -0.3 is 4.74 Å². The van der Waals surface area contributed by atoms with Gasteiger partial charge in [-0.3, -0.25) is 4.79 Å². The van der Waals surface area contributed by atoms with Gasteiger partial charge in [0.15, 0.2) is 0 Å². The van der Waals surface area contributed by atoms with E-state index in [9.17, 15) is 22.0 Å². The lowest BCUT2D eigenvalue weighted by molar-refractivity contribution is -0.140. The van der Waals surface area contributed by atoms with Crippen LogP contribution in [0.4, 0.5) is 8.78 Å². The van der Waals surface area contributed by atoms with Crippen LogP contribution in [0.2, 0.25) is 0 Å². The molecule has 0 bridgehead atoms. The molecule has 15 heavy (non-hydrogen) atoms. The number of ether oxygens (including phenoxy) is 1. The summed E-state index contributed by atoms with van der Waals surface area (Å²) in [6.07, 6.45) is 0.148. The molecule has 0 aliphatic rings. The standard InChI is InChI=1S/C7H13F2NO4S/c1-10(15(12,13)7(8)9)5-3-4-6(11)14-2/h7H,3-5H2,1-2H3. The van der Waals surface area contributed by atoms with Gasteiger partial charge in [-0.1, -0.05) is 0 Å². The predicted octanol–water partition coefficient (Wildman–Crippen LogP) is 0.424. The van der Waals surface area contributed by atoms with Gasteiger partial charge in [0.25, 0.3) is 10.0 Å². The van der Waals surface area contributed by atoms with E-state index in [0.29, 0.717) is 4.31 Å². The topological polar surface area (TPSA) is 63.7 Å². The van der Waals surface area contributed by atoms with Crippen molar-refractivity contribution in [2.45, 2.75) is 18.6 Å². The maximum atomic E-state index is 12.0. The molecule has 0 atom stereocenters. The normalized spacial score (nSPS) is 12.1. The summed E-state index contributed by atoms with van der Waals surface area (Å²) >= 11 is 0. The van der Waals surface area contributed by atoms with Crippen LogP contribution in [0.3, 0.4) is 0 Å². The first-order valence-corrected chi connectivity index (χ1v) is 5.62. The van der Waals surface area contributed by atoms with Gasteiger partial charge in [-0.05, 0) is 6.42 Å². The molecule has 0 spiro atoms. The van der Waals surface area contributed by atoms with Crippen molar-refractivity contribution in [1.82, 2.24) is 4.31 Å². The third kappa shape index (κ3) is 4.52. The number of rotatable bonds is 6. The van der Waals surface area contributed by atoms with Crippen LogP contribution in [-0.2, 0) is 19.6 Å². The van der Waals surface area contributed by atoms with E-state index in [1.807, 2.05) is 0 Å². The Morgan fingerprint density at radius 1 is 1.47 bits per heavy atom. The second kappa shape index (κ2) is 5.96. The molecule has 0 N–H and O–H groups in total. The van der Waals surface area contributed by atoms with E-state index < -0.39 is 21.8 Å². The second-order valence-electron chi connectivity index (χ2n) is 2.81. The molecule has 0 aliphatic carbocycles. The van der Waals surface area contributed by atoms with Gasteiger partial charge in [0.2, 0.25) is 0 Å². The van der Waals surface area contributed by atoms with Crippen LogP contribution in [0, 0.1) is 0 Å². The quantitative estimate of drug-likeness (QED) is 0.636. The fraction of sp³-hybridized carbons (Fsp3) is 0.857. The average molecular weight is 245 g/mol. The predicted molar refractivity (Wildman–Crippen MR) is 48.8 cm³/mol. The van der Waals surface area contributed by atoms with Crippen molar-refractivity contribution < 1.29 is 26.7 Å². The molecule has 0 unspecified atom stereocenters. The molecule has 0 saturated heterocycles. The van der Waals surface area contributed by atoms with Crippen molar-refractivity contribution in [3.63, 3.8) is 0 Å². The Hall–Kier alpha value is -0.760. The number of hydrogen-bond acceptors (Lipinski definition) is 4. The highest BCUT2D eigenvalue weighted by Gasteiger charge is 2.28. The molecule has 0 aromatic carbocycles. The van der Waals surface area contributed by atoms with Gasteiger partial charge in [0.05, 0.1) is 7.11 Å². The van der Waals surface area contributed by atoms with Gasteiger partial charge in [0, 0.05) is 20.0 Å². The molecule has 0 amide bonds. The SMILES string of the molecule is COC(=O)CCCN(C)S(=O)(=O)C(F)F. The van der Waals surface area contributed by atoms with Crippen LogP contribution >= 0.6 is 0 Å². The summed E-state index contributed by atoms with van der Waals surface area (Å²) in [6, 6.07) is 0. The first-order chi connectivity index (χ1) is 6.82.